The molecule has 1 aliphatic heterocycles. The van der Waals surface area contributed by atoms with Gasteiger partial charge in [0.2, 0.25) is 5.91 Å². The number of ether oxygens (including phenoxy) is 1. The summed E-state index contributed by atoms with van der Waals surface area (Å²) in [6.07, 6.45) is 14.3. The lowest BCUT2D eigenvalue weighted by Crippen LogP contribution is -2.48. The van der Waals surface area contributed by atoms with Gasteiger partial charge in [-0.3, -0.25) is 4.79 Å². The minimum atomic E-state index is -0.725. The number of nitrogens with zero attached hydrogens (tertiary/aromatic N) is 3. The van der Waals surface area contributed by atoms with Crippen molar-refractivity contribution in [1.29, 1.82) is 0 Å². The van der Waals surface area contributed by atoms with E-state index < -0.39 is 6.10 Å². The molecule has 3 unspecified atom stereocenters. The lowest BCUT2D eigenvalue weighted by Gasteiger charge is -2.30. The fraction of sp³-hybridized carbons (Fsp3) is 0.538. The number of hydrogen-bond donors (Lipinski definition) is 2. The van der Waals surface area contributed by atoms with Crippen molar-refractivity contribution in [1.82, 2.24) is 19.2 Å². The average molecular weight is 487 g/mol. The molecule has 8 heteroatoms. The van der Waals surface area contributed by atoms with Crippen LogP contribution in [0.5, 0.6) is 0 Å². The number of rotatable bonds is 10. The van der Waals surface area contributed by atoms with Crippen molar-refractivity contribution in [2.45, 2.75) is 68.7 Å². The third-order valence-electron chi connectivity index (χ3n) is 5.79. The van der Waals surface area contributed by atoms with E-state index in [1.807, 2.05) is 48.1 Å². The van der Waals surface area contributed by atoms with Crippen LogP contribution < -0.4 is 5.32 Å². The van der Waals surface area contributed by atoms with Crippen molar-refractivity contribution in [3.63, 3.8) is 0 Å². The molecular formula is C26H38N4O3S. The predicted octanol–water partition coefficient (Wildman–Crippen LogP) is 3.74. The van der Waals surface area contributed by atoms with Gasteiger partial charge in [-0.05, 0) is 56.0 Å². The molecule has 3 atom stereocenters. The molecule has 186 valence electrons. The standard InChI is InChI=1S/C21H30N4O3S.C5H8/c1-16(26)23-19(11-17-7-4-3-5-8-17)20(27)13-25(12-18-9-6-10-28-18)29-21-14-24(2)15-22-21;1-2-4-5-3-1/h3-5,7-8,14-15,18-20,27H,6,9-13H2,1-2H3,(H,23,26);1-2H,3-5H2. The number of aryl methyl sites for hydroxylation is 1. The van der Waals surface area contributed by atoms with Gasteiger partial charge < -0.3 is 19.7 Å². The Bertz CT molecular complexity index is 877. The van der Waals surface area contributed by atoms with E-state index >= 15 is 0 Å². The minimum Gasteiger partial charge on any atom is -0.390 e. The van der Waals surface area contributed by atoms with Crippen LogP contribution in [0, 0.1) is 0 Å². The van der Waals surface area contributed by atoms with Crippen molar-refractivity contribution < 1.29 is 14.6 Å². The molecule has 1 aromatic heterocycles. The third kappa shape index (κ3) is 9.62. The monoisotopic (exact) mass is 486 g/mol. The Morgan fingerprint density at radius 3 is 2.62 bits per heavy atom. The second-order valence-corrected chi connectivity index (χ2v) is 10.0. The number of aromatic nitrogens is 2. The van der Waals surface area contributed by atoms with Gasteiger partial charge in [-0.15, -0.1) is 0 Å². The van der Waals surface area contributed by atoms with Gasteiger partial charge >= 0.3 is 0 Å². The Balaban J connectivity index is 0.000000574. The quantitative estimate of drug-likeness (QED) is 0.393. The zero-order valence-corrected chi connectivity index (χ0v) is 21.1. The summed E-state index contributed by atoms with van der Waals surface area (Å²) >= 11 is 1.52. The summed E-state index contributed by atoms with van der Waals surface area (Å²) in [5.41, 5.74) is 1.08. The van der Waals surface area contributed by atoms with Gasteiger partial charge in [0.15, 0.2) is 0 Å². The van der Waals surface area contributed by atoms with Crippen LogP contribution in [-0.4, -0.2) is 62.8 Å². The first-order valence-corrected chi connectivity index (χ1v) is 12.9. The van der Waals surface area contributed by atoms with E-state index in [4.69, 9.17) is 4.74 Å². The summed E-state index contributed by atoms with van der Waals surface area (Å²) in [4.78, 5) is 16.1. The highest BCUT2D eigenvalue weighted by Crippen LogP contribution is 2.24. The topological polar surface area (TPSA) is 79.6 Å². The number of allylic oxidation sites excluding steroid dienone is 2. The number of nitrogens with one attached hydrogen (secondary N) is 1. The zero-order valence-electron chi connectivity index (χ0n) is 20.3. The molecule has 34 heavy (non-hydrogen) atoms. The first kappa shape index (κ1) is 26.5. The maximum atomic E-state index is 11.7. The molecule has 0 bridgehead atoms. The largest absolute Gasteiger partial charge is 0.390 e. The molecule has 1 aliphatic carbocycles. The molecule has 7 nitrogen and oxygen atoms in total. The molecule has 1 aromatic carbocycles. The van der Waals surface area contributed by atoms with Crippen molar-refractivity contribution in [2.75, 3.05) is 19.7 Å². The molecule has 1 amide bonds. The van der Waals surface area contributed by atoms with Crippen LogP contribution in [0.25, 0.3) is 0 Å². The highest BCUT2D eigenvalue weighted by Gasteiger charge is 2.27. The summed E-state index contributed by atoms with van der Waals surface area (Å²) in [5, 5.41) is 14.8. The van der Waals surface area contributed by atoms with Gasteiger partial charge in [-0.1, -0.05) is 42.5 Å². The van der Waals surface area contributed by atoms with E-state index in [2.05, 4.69) is 26.8 Å². The van der Waals surface area contributed by atoms with E-state index in [1.165, 1.54) is 38.1 Å². The Morgan fingerprint density at radius 2 is 2.06 bits per heavy atom. The van der Waals surface area contributed by atoms with Gasteiger partial charge in [0.05, 0.1) is 24.6 Å². The van der Waals surface area contributed by atoms with Crippen molar-refractivity contribution in [2.24, 2.45) is 7.05 Å². The molecule has 2 N–H and O–H groups in total. The summed E-state index contributed by atoms with van der Waals surface area (Å²) in [6.45, 7) is 3.38. The third-order valence-corrected chi connectivity index (χ3v) is 6.74. The molecule has 4 rings (SSSR count). The van der Waals surface area contributed by atoms with Gasteiger partial charge in [-0.2, -0.15) is 0 Å². The fourth-order valence-electron chi connectivity index (χ4n) is 4.07. The highest BCUT2D eigenvalue weighted by molar-refractivity contribution is 7.97. The lowest BCUT2D eigenvalue weighted by atomic mass is 10.0. The molecule has 0 saturated carbocycles. The summed E-state index contributed by atoms with van der Waals surface area (Å²) in [7, 11) is 1.93. The van der Waals surface area contributed by atoms with Crippen LogP contribution in [0.4, 0.5) is 0 Å². The number of benzene rings is 1. The van der Waals surface area contributed by atoms with Crippen LogP contribution in [0.3, 0.4) is 0 Å². The van der Waals surface area contributed by atoms with Crippen molar-refractivity contribution in [3.05, 3.63) is 60.6 Å². The van der Waals surface area contributed by atoms with E-state index in [1.54, 1.807) is 6.33 Å². The number of aliphatic hydroxyl groups is 1. The number of carbonyl (C=O) groups is 1. The summed E-state index contributed by atoms with van der Waals surface area (Å²) in [5.74, 6) is -0.145. The molecule has 0 radical (unpaired) electrons. The molecule has 2 aliphatic rings. The fourth-order valence-corrected chi connectivity index (χ4v) is 5.11. The maximum absolute atomic E-state index is 11.7. The van der Waals surface area contributed by atoms with E-state index in [-0.39, 0.29) is 18.1 Å². The van der Waals surface area contributed by atoms with Crippen LogP contribution >= 0.6 is 11.9 Å². The normalized spacial score (nSPS) is 19.0. The molecule has 2 aromatic rings. The first-order chi connectivity index (χ1) is 16.5. The molecule has 0 spiro atoms. The van der Waals surface area contributed by atoms with Crippen molar-refractivity contribution in [3.8, 4) is 0 Å². The van der Waals surface area contributed by atoms with E-state index in [9.17, 15) is 9.90 Å². The van der Waals surface area contributed by atoms with E-state index in [0.717, 1.165) is 30.0 Å². The van der Waals surface area contributed by atoms with Crippen LogP contribution in [0.2, 0.25) is 0 Å². The van der Waals surface area contributed by atoms with Crippen LogP contribution in [0.15, 0.2) is 60.0 Å². The van der Waals surface area contributed by atoms with Gasteiger partial charge in [0.1, 0.15) is 5.03 Å². The van der Waals surface area contributed by atoms with Crippen LogP contribution in [-0.2, 0) is 23.0 Å². The second kappa shape index (κ2) is 14.3. The Kier molecular flexibility index (Phi) is 11.1. The first-order valence-electron chi connectivity index (χ1n) is 12.2. The Morgan fingerprint density at radius 1 is 1.29 bits per heavy atom. The average Bonchev–Trinajstić information content (AvgIpc) is 3.59. The number of carbonyl (C=O) groups excluding carboxylic acids is 1. The second-order valence-electron chi connectivity index (χ2n) is 8.92. The SMILES string of the molecule is C1=CCCC1.CC(=O)NC(Cc1ccccc1)C(O)CN(CC1CCCO1)Sc1cn(C)cn1. The predicted molar refractivity (Wildman–Crippen MR) is 136 cm³/mol. The number of amides is 1. The Labute approximate surface area is 207 Å². The van der Waals surface area contributed by atoms with Gasteiger partial charge in [0, 0.05) is 39.9 Å². The van der Waals surface area contributed by atoms with Gasteiger partial charge in [0.25, 0.3) is 0 Å². The van der Waals surface area contributed by atoms with Crippen molar-refractivity contribution >= 4 is 17.9 Å². The summed E-state index contributed by atoms with van der Waals surface area (Å²) in [6, 6.07) is 9.54. The zero-order chi connectivity index (χ0) is 24.2. The maximum Gasteiger partial charge on any atom is 0.217 e. The highest BCUT2D eigenvalue weighted by atomic mass is 32.2. The molecular weight excluding hydrogens is 448 g/mol. The van der Waals surface area contributed by atoms with E-state index in [0.29, 0.717) is 19.5 Å². The number of aliphatic hydroxyl groups excluding tert-OH is 1. The summed E-state index contributed by atoms with van der Waals surface area (Å²) < 4.78 is 9.80. The Hall–Kier alpha value is -2.13. The van der Waals surface area contributed by atoms with Crippen LogP contribution in [0.1, 0.15) is 44.6 Å². The molecule has 1 saturated heterocycles. The number of hydrogen-bond acceptors (Lipinski definition) is 6. The lowest BCUT2D eigenvalue weighted by molar-refractivity contribution is -0.120. The smallest absolute Gasteiger partial charge is 0.217 e. The number of imidazole rings is 1. The molecule has 1 fully saturated rings. The minimum absolute atomic E-state index is 0.145. The van der Waals surface area contributed by atoms with Gasteiger partial charge in [-0.25, -0.2) is 9.29 Å². The molecule has 2 heterocycles.